The third kappa shape index (κ3) is 6.02. The molecule has 2 N–H and O–H groups in total. The van der Waals surface area contributed by atoms with Gasteiger partial charge in [0.25, 0.3) is 0 Å². The van der Waals surface area contributed by atoms with Gasteiger partial charge in [-0.3, -0.25) is 9.59 Å². The molecular formula is C23H29N3O6S. The summed E-state index contributed by atoms with van der Waals surface area (Å²) < 4.78 is 38.0. The summed E-state index contributed by atoms with van der Waals surface area (Å²) in [6, 6.07) is 12.2. The predicted octanol–water partition coefficient (Wildman–Crippen LogP) is 2.25. The molecule has 1 atom stereocenters. The van der Waals surface area contributed by atoms with Gasteiger partial charge in [-0.15, -0.1) is 0 Å². The van der Waals surface area contributed by atoms with E-state index in [4.69, 9.17) is 9.47 Å². The number of rotatable bonds is 8. The highest BCUT2D eigenvalue weighted by molar-refractivity contribution is 7.89. The lowest BCUT2D eigenvalue weighted by Crippen LogP contribution is -2.50. The average Bonchev–Trinajstić information content (AvgIpc) is 2.83. The van der Waals surface area contributed by atoms with Crippen LogP contribution < -0.4 is 19.5 Å². The summed E-state index contributed by atoms with van der Waals surface area (Å²) in [7, 11) is -0.828. The number of hydrogen-bond acceptors (Lipinski definition) is 6. The van der Waals surface area contributed by atoms with Gasteiger partial charge in [0.05, 0.1) is 30.8 Å². The second-order valence-electron chi connectivity index (χ2n) is 7.81. The minimum atomic E-state index is -3.86. The highest BCUT2D eigenvalue weighted by Crippen LogP contribution is 2.26. The quantitative estimate of drug-likeness (QED) is 0.605. The van der Waals surface area contributed by atoms with Gasteiger partial charge >= 0.3 is 0 Å². The van der Waals surface area contributed by atoms with E-state index in [0.29, 0.717) is 43.1 Å². The third-order valence-corrected chi connectivity index (χ3v) is 7.17. The molecular weight excluding hydrogens is 446 g/mol. The molecule has 0 unspecified atom stereocenters. The van der Waals surface area contributed by atoms with Gasteiger partial charge < -0.3 is 19.7 Å². The van der Waals surface area contributed by atoms with Gasteiger partial charge in [-0.05, 0) is 56.2 Å². The number of benzene rings is 2. The number of likely N-dealkylation sites (tertiary alicyclic amines) is 1. The van der Waals surface area contributed by atoms with Crippen molar-refractivity contribution in [3.8, 4) is 11.5 Å². The van der Waals surface area contributed by atoms with Crippen molar-refractivity contribution in [2.24, 2.45) is 5.92 Å². The molecule has 1 fully saturated rings. The maximum Gasteiger partial charge on any atom is 0.241 e. The maximum atomic E-state index is 12.8. The summed E-state index contributed by atoms with van der Waals surface area (Å²) in [5.41, 5.74) is 0.602. The summed E-state index contributed by atoms with van der Waals surface area (Å²) in [5, 5.41) is 2.89. The van der Waals surface area contributed by atoms with Crippen LogP contribution in [-0.2, 0) is 19.6 Å². The molecule has 0 aliphatic carbocycles. The molecule has 0 aromatic heterocycles. The molecule has 1 saturated heterocycles. The van der Waals surface area contributed by atoms with Crippen LogP contribution in [0.15, 0.2) is 53.4 Å². The van der Waals surface area contributed by atoms with Crippen LogP contribution in [0, 0.1) is 5.92 Å². The summed E-state index contributed by atoms with van der Waals surface area (Å²) in [4.78, 5) is 27.1. The topological polar surface area (TPSA) is 114 Å². The fourth-order valence-corrected chi connectivity index (χ4v) is 4.92. The summed E-state index contributed by atoms with van der Waals surface area (Å²) in [6.07, 6.45) is 0.981. The van der Waals surface area contributed by atoms with Crippen molar-refractivity contribution in [2.45, 2.75) is 30.7 Å². The van der Waals surface area contributed by atoms with E-state index >= 15 is 0 Å². The summed E-state index contributed by atoms with van der Waals surface area (Å²) in [5.74, 6) is 0.424. The number of sulfonamides is 1. The van der Waals surface area contributed by atoms with Gasteiger partial charge in [-0.1, -0.05) is 12.1 Å². The second-order valence-corrected chi connectivity index (χ2v) is 9.52. The zero-order valence-corrected chi connectivity index (χ0v) is 19.7. The predicted molar refractivity (Wildman–Crippen MR) is 124 cm³/mol. The number of hydrogen-bond donors (Lipinski definition) is 2. The van der Waals surface area contributed by atoms with Crippen LogP contribution in [0.4, 0.5) is 5.69 Å². The molecule has 0 saturated carbocycles. The van der Waals surface area contributed by atoms with Gasteiger partial charge in [0, 0.05) is 19.0 Å². The number of ether oxygens (including phenoxy) is 2. The highest BCUT2D eigenvalue weighted by Gasteiger charge is 2.31. The standard InChI is InChI=1S/C23H29N3O6S/c1-16(25-33(29,30)19-10-8-18(31-2)9-11-19)23(28)26-14-12-17(13-15-26)22(27)24-20-6-4-5-7-21(20)32-3/h4-11,16-17,25H,12-15H2,1-3H3,(H,24,27)/t16-/m0/s1. The Morgan fingerprint density at radius 1 is 1.00 bits per heavy atom. The molecule has 9 nitrogen and oxygen atoms in total. The molecule has 0 radical (unpaired) electrons. The van der Waals surface area contributed by atoms with Crippen molar-refractivity contribution >= 4 is 27.5 Å². The lowest BCUT2D eigenvalue weighted by Gasteiger charge is -2.33. The number of carbonyl (C=O) groups excluding carboxylic acids is 2. The Morgan fingerprint density at radius 3 is 2.24 bits per heavy atom. The first-order chi connectivity index (χ1) is 15.7. The molecule has 1 aliphatic heterocycles. The molecule has 2 aromatic carbocycles. The zero-order chi connectivity index (χ0) is 24.0. The van der Waals surface area contributed by atoms with Crippen LogP contribution in [0.25, 0.3) is 0 Å². The molecule has 0 bridgehead atoms. The normalized spacial score (nSPS) is 15.5. The Morgan fingerprint density at radius 2 is 1.64 bits per heavy atom. The van der Waals surface area contributed by atoms with Crippen molar-refractivity contribution in [1.29, 1.82) is 0 Å². The SMILES string of the molecule is COc1ccc(S(=O)(=O)N[C@@H](C)C(=O)N2CCC(C(=O)Nc3ccccc3OC)CC2)cc1. The Kier molecular flexibility index (Phi) is 7.93. The molecule has 1 heterocycles. The van der Waals surface area contributed by atoms with Crippen molar-refractivity contribution in [3.63, 3.8) is 0 Å². The molecule has 1 aliphatic rings. The Bertz CT molecular complexity index is 1080. The fraction of sp³-hybridized carbons (Fsp3) is 0.391. The minimum absolute atomic E-state index is 0.0506. The maximum absolute atomic E-state index is 12.8. The first-order valence-corrected chi connectivity index (χ1v) is 12.1. The van der Waals surface area contributed by atoms with Crippen LogP contribution in [0.3, 0.4) is 0 Å². The molecule has 0 spiro atoms. The van der Waals surface area contributed by atoms with Crippen LogP contribution in [0.1, 0.15) is 19.8 Å². The molecule has 2 aromatic rings. The van der Waals surface area contributed by atoms with E-state index in [1.807, 2.05) is 12.1 Å². The van der Waals surface area contributed by atoms with Gasteiger partial charge in [0.2, 0.25) is 21.8 Å². The third-order valence-electron chi connectivity index (χ3n) is 5.61. The lowest BCUT2D eigenvalue weighted by atomic mass is 9.95. The molecule has 10 heteroatoms. The summed E-state index contributed by atoms with van der Waals surface area (Å²) >= 11 is 0. The number of anilines is 1. The van der Waals surface area contributed by atoms with Crippen molar-refractivity contribution < 1.29 is 27.5 Å². The van der Waals surface area contributed by atoms with Crippen molar-refractivity contribution in [3.05, 3.63) is 48.5 Å². The highest BCUT2D eigenvalue weighted by atomic mass is 32.2. The van der Waals surface area contributed by atoms with E-state index < -0.39 is 16.1 Å². The van der Waals surface area contributed by atoms with E-state index in [-0.39, 0.29) is 22.6 Å². The van der Waals surface area contributed by atoms with E-state index in [0.717, 1.165) is 0 Å². The van der Waals surface area contributed by atoms with E-state index in [1.54, 1.807) is 36.3 Å². The smallest absolute Gasteiger partial charge is 0.241 e. The average molecular weight is 476 g/mol. The van der Waals surface area contributed by atoms with Crippen LogP contribution >= 0.6 is 0 Å². The van der Waals surface area contributed by atoms with E-state index in [1.165, 1.54) is 26.2 Å². The zero-order valence-electron chi connectivity index (χ0n) is 18.9. The molecule has 3 rings (SSSR count). The van der Waals surface area contributed by atoms with Crippen molar-refractivity contribution in [1.82, 2.24) is 9.62 Å². The molecule has 178 valence electrons. The van der Waals surface area contributed by atoms with Gasteiger partial charge in [0.15, 0.2) is 0 Å². The first kappa shape index (κ1) is 24.5. The van der Waals surface area contributed by atoms with E-state index in [2.05, 4.69) is 10.0 Å². The number of carbonyl (C=O) groups is 2. The lowest BCUT2D eigenvalue weighted by molar-refractivity contribution is -0.135. The Labute approximate surface area is 194 Å². The second kappa shape index (κ2) is 10.7. The van der Waals surface area contributed by atoms with Gasteiger partial charge in [-0.25, -0.2) is 8.42 Å². The van der Waals surface area contributed by atoms with Gasteiger partial charge in [0.1, 0.15) is 11.5 Å². The van der Waals surface area contributed by atoms with Gasteiger partial charge in [-0.2, -0.15) is 4.72 Å². The Balaban J connectivity index is 1.54. The largest absolute Gasteiger partial charge is 0.497 e. The number of piperidine rings is 1. The van der Waals surface area contributed by atoms with Crippen LogP contribution in [0.2, 0.25) is 0 Å². The number of nitrogens with zero attached hydrogens (tertiary/aromatic N) is 1. The van der Waals surface area contributed by atoms with Crippen LogP contribution in [0.5, 0.6) is 11.5 Å². The fourth-order valence-electron chi connectivity index (χ4n) is 3.72. The monoisotopic (exact) mass is 475 g/mol. The van der Waals surface area contributed by atoms with Crippen molar-refractivity contribution in [2.75, 3.05) is 32.6 Å². The number of nitrogens with one attached hydrogen (secondary N) is 2. The molecule has 2 amide bonds. The van der Waals surface area contributed by atoms with Crippen LogP contribution in [-0.4, -0.2) is 58.5 Å². The van der Waals surface area contributed by atoms with E-state index in [9.17, 15) is 18.0 Å². The summed E-state index contributed by atoms with van der Waals surface area (Å²) in [6.45, 7) is 2.26. The first-order valence-electron chi connectivity index (χ1n) is 10.6. The minimum Gasteiger partial charge on any atom is -0.497 e. The Hall–Kier alpha value is -3.11. The number of para-hydroxylation sites is 2. The molecule has 33 heavy (non-hydrogen) atoms. The number of methoxy groups -OCH3 is 2. The number of amides is 2.